The fourth-order valence-electron chi connectivity index (χ4n) is 6.30. The normalized spacial score (nSPS) is 46.2. The number of nitrogens with zero attached hydrogens (tertiary/aromatic N) is 1. The number of hydrogen-bond acceptors (Lipinski definition) is 3. The third kappa shape index (κ3) is 2.45. The third-order valence-corrected chi connectivity index (χ3v) is 9.39. The molecule has 4 fully saturated rings. The molecule has 0 radical (unpaired) electrons. The van der Waals surface area contributed by atoms with E-state index in [0.29, 0.717) is 24.2 Å². The van der Waals surface area contributed by atoms with Crippen LogP contribution < -0.4 is 0 Å². The van der Waals surface area contributed by atoms with Crippen molar-refractivity contribution in [2.24, 2.45) is 29.1 Å². The summed E-state index contributed by atoms with van der Waals surface area (Å²) in [7, 11) is -2.95. The van der Waals surface area contributed by atoms with Gasteiger partial charge in [-0.2, -0.15) is 0 Å². The second-order valence-corrected chi connectivity index (χ2v) is 11.2. The third-order valence-electron chi connectivity index (χ3n) is 7.71. The summed E-state index contributed by atoms with van der Waals surface area (Å²) >= 11 is 0. The van der Waals surface area contributed by atoms with Crippen molar-refractivity contribution in [1.82, 2.24) is 4.90 Å². The zero-order valence-electron chi connectivity index (χ0n) is 14.3. The van der Waals surface area contributed by atoms with Gasteiger partial charge in [0.05, 0.1) is 5.25 Å². The summed E-state index contributed by atoms with van der Waals surface area (Å²) in [5, 5.41) is -0.224. The predicted molar refractivity (Wildman–Crippen MR) is 89.6 cm³/mol. The summed E-state index contributed by atoms with van der Waals surface area (Å²) in [6, 6.07) is 0. The molecule has 23 heavy (non-hydrogen) atoms. The molecule has 130 valence electrons. The molecule has 0 aromatic carbocycles. The molecular formula is C18H29NO3S. The van der Waals surface area contributed by atoms with E-state index in [9.17, 15) is 13.2 Å². The molecule has 0 aromatic rings. The van der Waals surface area contributed by atoms with E-state index in [4.69, 9.17) is 0 Å². The molecule has 1 saturated heterocycles. The number of sulfone groups is 1. The minimum Gasteiger partial charge on any atom is -0.342 e. The molecule has 3 saturated carbocycles. The highest BCUT2D eigenvalue weighted by Crippen LogP contribution is 2.62. The number of rotatable bonds is 2. The number of likely N-dealkylation sites (tertiary alicyclic amines) is 1. The largest absolute Gasteiger partial charge is 0.342 e. The Kier molecular flexibility index (Phi) is 3.60. The van der Waals surface area contributed by atoms with Crippen LogP contribution in [0, 0.1) is 29.1 Å². The van der Waals surface area contributed by atoms with Crippen LogP contribution in [0.3, 0.4) is 0 Å². The average molecular weight is 340 g/mol. The van der Waals surface area contributed by atoms with Gasteiger partial charge in [-0.3, -0.25) is 4.79 Å². The van der Waals surface area contributed by atoms with Gasteiger partial charge in [-0.15, -0.1) is 0 Å². The van der Waals surface area contributed by atoms with Gasteiger partial charge in [0.25, 0.3) is 0 Å². The Labute approximate surface area is 139 Å². The highest BCUT2D eigenvalue weighted by Gasteiger charge is 2.60. The van der Waals surface area contributed by atoms with E-state index in [0.717, 1.165) is 43.7 Å². The molecule has 1 aliphatic heterocycles. The van der Waals surface area contributed by atoms with Gasteiger partial charge in [-0.25, -0.2) is 8.42 Å². The monoisotopic (exact) mass is 339 g/mol. The summed E-state index contributed by atoms with van der Waals surface area (Å²) in [5.41, 5.74) is 0.364. The summed E-state index contributed by atoms with van der Waals surface area (Å²) in [6.45, 7) is 4.32. The molecule has 0 unspecified atom stereocenters. The van der Waals surface area contributed by atoms with Crippen molar-refractivity contribution in [3.63, 3.8) is 0 Å². The van der Waals surface area contributed by atoms with Crippen molar-refractivity contribution in [1.29, 1.82) is 0 Å². The molecule has 3 aliphatic carbocycles. The van der Waals surface area contributed by atoms with Gasteiger partial charge in [0.1, 0.15) is 9.84 Å². The Morgan fingerprint density at radius 2 is 1.78 bits per heavy atom. The first-order valence-electron chi connectivity index (χ1n) is 9.26. The molecule has 0 aromatic heterocycles. The summed E-state index contributed by atoms with van der Waals surface area (Å²) in [4.78, 5) is 15.1. The zero-order valence-corrected chi connectivity index (χ0v) is 15.1. The van der Waals surface area contributed by atoms with E-state index in [2.05, 4.69) is 11.8 Å². The molecule has 4 rings (SSSR count). The topological polar surface area (TPSA) is 54.5 Å². The Balaban J connectivity index is 1.40. The van der Waals surface area contributed by atoms with Crippen LogP contribution in [-0.2, 0) is 14.6 Å². The molecule has 0 N–H and O–H groups in total. The van der Waals surface area contributed by atoms with E-state index in [1.807, 2.05) is 0 Å². The molecule has 1 amide bonds. The Hall–Kier alpha value is -0.580. The van der Waals surface area contributed by atoms with Gasteiger partial charge >= 0.3 is 0 Å². The van der Waals surface area contributed by atoms with Gasteiger partial charge in [-0.05, 0) is 68.1 Å². The second kappa shape index (κ2) is 5.21. The molecule has 5 heteroatoms. The van der Waals surface area contributed by atoms with Crippen molar-refractivity contribution >= 4 is 15.7 Å². The van der Waals surface area contributed by atoms with Crippen molar-refractivity contribution < 1.29 is 13.2 Å². The van der Waals surface area contributed by atoms with Gasteiger partial charge in [0, 0.05) is 25.3 Å². The fourth-order valence-corrected chi connectivity index (χ4v) is 7.43. The van der Waals surface area contributed by atoms with Crippen LogP contribution >= 0.6 is 0 Å². The fraction of sp³-hybridized carbons (Fsp3) is 0.944. The molecule has 4 nitrogen and oxygen atoms in total. The van der Waals surface area contributed by atoms with Gasteiger partial charge < -0.3 is 4.90 Å². The van der Waals surface area contributed by atoms with E-state index in [1.165, 1.54) is 25.5 Å². The maximum absolute atomic E-state index is 12.9. The zero-order chi connectivity index (χ0) is 16.4. The van der Waals surface area contributed by atoms with Crippen molar-refractivity contribution in [2.75, 3.05) is 19.3 Å². The highest BCUT2D eigenvalue weighted by molar-refractivity contribution is 7.91. The van der Waals surface area contributed by atoms with E-state index >= 15 is 0 Å². The molecule has 0 spiro atoms. The van der Waals surface area contributed by atoms with Gasteiger partial charge in [-0.1, -0.05) is 6.92 Å². The number of carbonyl (C=O) groups is 1. The van der Waals surface area contributed by atoms with Gasteiger partial charge in [0.2, 0.25) is 5.91 Å². The molecule has 4 aliphatic rings. The lowest BCUT2D eigenvalue weighted by Gasteiger charge is -2.35. The first kappa shape index (κ1) is 15.9. The summed E-state index contributed by atoms with van der Waals surface area (Å²) < 4.78 is 23.4. The van der Waals surface area contributed by atoms with Crippen molar-refractivity contribution in [3.05, 3.63) is 0 Å². The van der Waals surface area contributed by atoms with Crippen molar-refractivity contribution in [3.8, 4) is 0 Å². The van der Waals surface area contributed by atoms with E-state index < -0.39 is 9.84 Å². The molecule has 2 bridgehead atoms. The average Bonchev–Trinajstić information content (AvgIpc) is 3.16. The lowest BCUT2D eigenvalue weighted by Crippen LogP contribution is -2.39. The van der Waals surface area contributed by atoms with Crippen LogP contribution in [0.25, 0.3) is 0 Å². The Morgan fingerprint density at radius 1 is 1.09 bits per heavy atom. The number of carbonyl (C=O) groups excluding carboxylic acids is 1. The maximum Gasteiger partial charge on any atom is 0.225 e. The highest BCUT2D eigenvalue weighted by atomic mass is 32.2. The van der Waals surface area contributed by atoms with Crippen LogP contribution in [0.15, 0.2) is 0 Å². The summed E-state index contributed by atoms with van der Waals surface area (Å²) in [5.74, 6) is 2.78. The predicted octanol–water partition coefficient (Wildman–Crippen LogP) is 2.48. The first-order chi connectivity index (χ1) is 10.8. The second-order valence-electron chi connectivity index (χ2n) is 8.90. The van der Waals surface area contributed by atoms with Crippen molar-refractivity contribution in [2.45, 2.75) is 57.1 Å². The minimum atomic E-state index is -2.95. The van der Waals surface area contributed by atoms with E-state index in [1.54, 1.807) is 0 Å². The molecule has 1 heterocycles. The van der Waals surface area contributed by atoms with Crippen LogP contribution in [0.2, 0.25) is 0 Å². The number of amides is 1. The van der Waals surface area contributed by atoms with Crippen LogP contribution in [0.1, 0.15) is 51.9 Å². The van der Waals surface area contributed by atoms with E-state index in [-0.39, 0.29) is 11.2 Å². The molecular weight excluding hydrogens is 310 g/mol. The van der Waals surface area contributed by atoms with Crippen LogP contribution in [0.4, 0.5) is 0 Å². The SMILES string of the molecule is C[C@@]12CN(C(=O)C3CCC(S(C)(=O)=O)CC3)C[C@@H]1[C@@H]1CC[C@H]2C1. The smallest absolute Gasteiger partial charge is 0.225 e. The molecule has 4 atom stereocenters. The Morgan fingerprint density at radius 3 is 2.39 bits per heavy atom. The quantitative estimate of drug-likeness (QED) is 0.777. The lowest BCUT2D eigenvalue weighted by molar-refractivity contribution is -0.136. The summed E-state index contributed by atoms with van der Waals surface area (Å²) in [6.07, 6.45) is 8.28. The number of fused-ring (bicyclic) bond motifs is 5. The first-order valence-corrected chi connectivity index (χ1v) is 11.2. The van der Waals surface area contributed by atoms with Gasteiger partial charge in [0.15, 0.2) is 0 Å². The Bertz CT molecular complexity index is 608. The van der Waals surface area contributed by atoms with Crippen LogP contribution in [-0.4, -0.2) is 43.8 Å². The maximum atomic E-state index is 12.9. The van der Waals surface area contributed by atoms with Crippen LogP contribution in [0.5, 0.6) is 0 Å². The number of hydrogen-bond donors (Lipinski definition) is 0. The standard InChI is InChI=1S/C18H29NO3S/c1-18-11-19(10-16(18)13-3-6-14(18)9-13)17(20)12-4-7-15(8-5-12)23(2,21)22/h12-16H,3-11H2,1-2H3/t12?,13-,14+,15?,16-,18+/m1/s1. The minimum absolute atomic E-state index is 0.0630. The lowest BCUT2D eigenvalue weighted by atomic mass is 9.70.